The summed E-state index contributed by atoms with van der Waals surface area (Å²) in [6, 6.07) is 7.41. The molecule has 1 aliphatic rings. The molecule has 0 radical (unpaired) electrons. The Morgan fingerprint density at radius 3 is 2.68 bits per heavy atom. The number of benzene rings is 1. The molecule has 1 aromatic carbocycles. The van der Waals surface area contributed by atoms with E-state index in [4.69, 9.17) is 11.6 Å². The van der Waals surface area contributed by atoms with Gasteiger partial charge in [0.15, 0.2) is 0 Å². The third kappa shape index (κ3) is 4.17. The van der Waals surface area contributed by atoms with Crippen LogP contribution in [0.5, 0.6) is 0 Å². The van der Waals surface area contributed by atoms with Gasteiger partial charge in [-0.05, 0) is 31.4 Å². The molecule has 3 unspecified atom stereocenters. The number of amides is 1. The van der Waals surface area contributed by atoms with E-state index in [0.717, 1.165) is 4.90 Å². The summed E-state index contributed by atoms with van der Waals surface area (Å²) in [7, 11) is 0. The molecule has 22 heavy (non-hydrogen) atoms. The average Bonchev–Trinajstić information content (AvgIpc) is 2.48. The first kappa shape index (κ1) is 17.2. The van der Waals surface area contributed by atoms with E-state index >= 15 is 0 Å². The molecule has 0 spiro atoms. The van der Waals surface area contributed by atoms with E-state index in [2.05, 4.69) is 0 Å². The van der Waals surface area contributed by atoms with Crippen molar-refractivity contribution >= 4 is 35.2 Å². The summed E-state index contributed by atoms with van der Waals surface area (Å²) in [6.07, 6.45) is 0.630. The van der Waals surface area contributed by atoms with Gasteiger partial charge in [0.25, 0.3) is 0 Å². The number of piperidine rings is 1. The van der Waals surface area contributed by atoms with Crippen LogP contribution >= 0.6 is 23.4 Å². The number of aliphatic carboxylic acids is 1. The Hall–Kier alpha value is -1.20. The highest BCUT2D eigenvalue weighted by molar-refractivity contribution is 8.00. The van der Waals surface area contributed by atoms with Gasteiger partial charge in [-0.25, -0.2) is 0 Å². The van der Waals surface area contributed by atoms with Crippen LogP contribution in [0.1, 0.15) is 20.3 Å². The molecule has 0 aromatic heterocycles. The molecule has 3 atom stereocenters. The van der Waals surface area contributed by atoms with Gasteiger partial charge in [-0.3, -0.25) is 9.59 Å². The second kappa shape index (κ2) is 7.38. The lowest BCUT2D eigenvalue weighted by molar-refractivity contribution is -0.146. The maximum absolute atomic E-state index is 12.6. The Kier molecular flexibility index (Phi) is 5.75. The first-order valence-electron chi connectivity index (χ1n) is 7.31. The van der Waals surface area contributed by atoms with Gasteiger partial charge in [0.1, 0.15) is 0 Å². The van der Waals surface area contributed by atoms with Crippen molar-refractivity contribution in [2.24, 2.45) is 11.8 Å². The Labute approximate surface area is 139 Å². The smallest absolute Gasteiger partial charge is 0.308 e. The highest BCUT2D eigenvalue weighted by Crippen LogP contribution is 2.32. The van der Waals surface area contributed by atoms with Gasteiger partial charge in [0, 0.05) is 18.0 Å². The number of rotatable bonds is 4. The SMILES string of the molecule is CC1CC(C(=O)O)CN(C(=O)C(C)Sc2ccccc2Cl)C1. The molecule has 0 aliphatic carbocycles. The maximum Gasteiger partial charge on any atom is 0.308 e. The Morgan fingerprint density at radius 2 is 2.05 bits per heavy atom. The van der Waals surface area contributed by atoms with E-state index in [0.29, 0.717) is 24.5 Å². The molecule has 2 rings (SSSR count). The number of carboxylic acid groups (broad SMARTS) is 1. The molecule has 1 aromatic rings. The zero-order valence-corrected chi connectivity index (χ0v) is 14.2. The fourth-order valence-corrected chi connectivity index (χ4v) is 3.99. The summed E-state index contributed by atoms with van der Waals surface area (Å²) in [6.45, 7) is 4.74. The van der Waals surface area contributed by atoms with Crippen molar-refractivity contribution in [1.29, 1.82) is 0 Å². The molecule has 1 fully saturated rings. The van der Waals surface area contributed by atoms with Crippen molar-refractivity contribution in [3.8, 4) is 0 Å². The largest absolute Gasteiger partial charge is 0.481 e. The number of halogens is 1. The highest BCUT2D eigenvalue weighted by atomic mass is 35.5. The van der Waals surface area contributed by atoms with E-state index in [9.17, 15) is 14.7 Å². The average molecular weight is 342 g/mol. The van der Waals surface area contributed by atoms with Crippen LogP contribution in [0.3, 0.4) is 0 Å². The standard InChI is InChI=1S/C16H20ClNO3S/c1-10-7-12(16(20)21)9-18(8-10)15(19)11(2)22-14-6-4-3-5-13(14)17/h3-6,10-12H,7-9H2,1-2H3,(H,20,21). The van der Waals surface area contributed by atoms with E-state index in [1.54, 1.807) is 11.0 Å². The minimum Gasteiger partial charge on any atom is -0.481 e. The Morgan fingerprint density at radius 1 is 1.36 bits per heavy atom. The second-order valence-electron chi connectivity index (χ2n) is 5.81. The summed E-state index contributed by atoms with van der Waals surface area (Å²) in [5.41, 5.74) is 0. The minimum atomic E-state index is -0.823. The zero-order chi connectivity index (χ0) is 16.3. The van der Waals surface area contributed by atoms with Crippen LogP contribution in [0.2, 0.25) is 5.02 Å². The van der Waals surface area contributed by atoms with Crippen LogP contribution in [0.25, 0.3) is 0 Å². The summed E-state index contributed by atoms with van der Waals surface area (Å²) in [5, 5.41) is 9.54. The van der Waals surface area contributed by atoms with Crippen LogP contribution in [-0.2, 0) is 9.59 Å². The van der Waals surface area contributed by atoms with Crippen molar-refractivity contribution in [1.82, 2.24) is 4.90 Å². The number of nitrogens with zero attached hydrogens (tertiary/aromatic N) is 1. The fourth-order valence-electron chi connectivity index (χ4n) is 2.75. The quantitative estimate of drug-likeness (QED) is 0.853. The number of hydrogen-bond donors (Lipinski definition) is 1. The van der Waals surface area contributed by atoms with Crippen LogP contribution in [0.4, 0.5) is 0 Å². The number of carbonyl (C=O) groups excluding carboxylic acids is 1. The molecular formula is C16H20ClNO3S. The first-order valence-corrected chi connectivity index (χ1v) is 8.57. The topological polar surface area (TPSA) is 57.6 Å². The van der Waals surface area contributed by atoms with Gasteiger partial charge >= 0.3 is 5.97 Å². The van der Waals surface area contributed by atoms with E-state index in [-0.39, 0.29) is 17.1 Å². The summed E-state index contributed by atoms with van der Waals surface area (Å²) in [4.78, 5) is 26.4. The predicted molar refractivity (Wildman–Crippen MR) is 88.3 cm³/mol. The molecule has 1 saturated heterocycles. The van der Waals surface area contributed by atoms with Crippen molar-refractivity contribution in [3.63, 3.8) is 0 Å². The fraction of sp³-hybridized carbons (Fsp3) is 0.500. The van der Waals surface area contributed by atoms with E-state index in [1.165, 1.54) is 11.8 Å². The lowest BCUT2D eigenvalue weighted by atomic mass is 9.90. The molecule has 4 nitrogen and oxygen atoms in total. The molecule has 1 heterocycles. The zero-order valence-electron chi connectivity index (χ0n) is 12.7. The van der Waals surface area contributed by atoms with Gasteiger partial charge in [-0.2, -0.15) is 0 Å². The lowest BCUT2D eigenvalue weighted by Gasteiger charge is -2.36. The first-order chi connectivity index (χ1) is 10.4. The third-order valence-corrected chi connectivity index (χ3v) is 5.42. The van der Waals surface area contributed by atoms with Gasteiger partial charge in [0.05, 0.1) is 16.2 Å². The number of likely N-dealkylation sites (tertiary alicyclic amines) is 1. The minimum absolute atomic E-state index is 0.0253. The molecule has 1 aliphatic heterocycles. The van der Waals surface area contributed by atoms with Crippen molar-refractivity contribution < 1.29 is 14.7 Å². The van der Waals surface area contributed by atoms with Crippen LogP contribution in [0.15, 0.2) is 29.2 Å². The van der Waals surface area contributed by atoms with Crippen LogP contribution < -0.4 is 0 Å². The normalized spacial score (nSPS) is 23.1. The summed E-state index contributed by atoms with van der Waals surface area (Å²) < 4.78 is 0. The van der Waals surface area contributed by atoms with E-state index in [1.807, 2.05) is 32.0 Å². The molecule has 6 heteroatoms. The van der Waals surface area contributed by atoms with Crippen molar-refractivity contribution in [3.05, 3.63) is 29.3 Å². The van der Waals surface area contributed by atoms with Crippen LogP contribution in [0, 0.1) is 11.8 Å². The monoisotopic (exact) mass is 341 g/mol. The van der Waals surface area contributed by atoms with Crippen LogP contribution in [-0.4, -0.2) is 40.2 Å². The van der Waals surface area contributed by atoms with Gasteiger partial charge < -0.3 is 10.0 Å². The molecule has 0 bridgehead atoms. The molecule has 120 valence electrons. The Balaban J connectivity index is 2.03. The van der Waals surface area contributed by atoms with Gasteiger partial charge in [-0.1, -0.05) is 30.7 Å². The summed E-state index contributed by atoms with van der Waals surface area (Å²) >= 11 is 7.54. The molecule has 1 amide bonds. The second-order valence-corrected chi connectivity index (χ2v) is 7.60. The highest BCUT2D eigenvalue weighted by Gasteiger charge is 2.33. The Bertz CT molecular complexity index is 566. The maximum atomic E-state index is 12.6. The summed E-state index contributed by atoms with van der Waals surface area (Å²) in [5.74, 6) is -1.11. The van der Waals surface area contributed by atoms with Gasteiger partial charge in [0.2, 0.25) is 5.91 Å². The lowest BCUT2D eigenvalue weighted by Crippen LogP contribution is -2.48. The van der Waals surface area contributed by atoms with Gasteiger partial charge in [-0.15, -0.1) is 11.8 Å². The van der Waals surface area contributed by atoms with Crippen molar-refractivity contribution in [2.75, 3.05) is 13.1 Å². The third-order valence-electron chi connectivity index (χ3n) is 3.81. The number of carbonyl (C=O) groups is 2. The number of thioether (sulfide) groups is 1. The number of carboxylic acids is 1. The van der Waals surface area contributed by atoms with E-state index < -0.39 is 11.9 Å². The molecule has 1 N–H and O–H groups in total. The molecule has 0 saturated carbocycles. The predicted octanol–water partition coefficient (Wildman–Crippen LogP) is 3.39. The van der Waals surface area contributed by atoms with Crippen molar-refractivity contribution in [2.45, 2.75) is 30.4 Å². The number of hydrogen-bond acceptors (Lipinski definition) is 3. The molecular weight excluding hydrogens is 322 g/mol.